The first-order chi connectivity index (χ1) is 11.7. The molecule has 0 aliphatic heterocycles. The Morgan fingerprint density at radius 2 is 1.79 bits per heavy atom. The van der Waals surface area contributed by atoms with Gasteiger partial charge in [0.25, 0.3) is 0 Å². The molecule has 0 saturated heterocycles. The molecule has 0 bridgehead atoms. The van der Waals surface area contributed by atoms with Crippen LogP contribution < -0.4 is 4.74 Å². The van der Waals surface area contributed by atoms with Crippen molar-refractivity contribution < 1.29 is 9.53 Å². The Hall–Kier alpha value is -2.55. The number of ether oxygens (including phenoxy) is 1. The molecule has 3 rings (SSSR count). The summed E-state index contributed by atoms with van der Waals surface area (Å²) in [4.78, 5) is 14.9. The Bertz CT molecular complexity index is 713. The molecule has 0 fully saturated rings. The molecular weight excluding hydrogens is 298 g/mol. The van der Waals surface area contributed by atoms with Crippen LogP contribution in [0.15, 0.2) is 61.2 Å². The average molecular weight is 321 g/mol. The Kier molecular flexibility index (Phi) is 4.99. The second-order valence-electron chi connectivity index (χ2n) is 6.19. The highest BCUT2D eigenvalue weighted by atomic mass is 16.5. The van der Waals surface area contributed by atoms with Crippen molar-refractivity contribution in [3.05, 3.63) is 77.9 Å². The van der Waals surface area contributed by atoms with Crippen LogP contribution in [0, 0.1) is 5.92 Å². The van der Waals surface area contributed by atoms with E-state index in [2.05, 4.69) is 18.7 Å². The van der Waals surface area contributed by atoms with E-state index in [1.54, 1.807) is 13.2 Å². The molecular formula is C21H23NO2. The van der Waals surface area contributed by atoms with Crippen molar-refractivity contribution in [1.82, 2.24) is 4.90 Å². The number of carbonyl (C=O) groups is 1. The molecule has 1 aliphatic carbocycles. The summed E-state index contributed by atoms with van der Waals surface area (Å²) in [6.07, 6.45) is 3.44. The number of carbonyl (C=O) groups excluding carboxylic acids is 1. The first-order valence-electron chi connectivity index (χ1n) is 8.31. The summed E-state index contributed by atoms with van der Waals surface area (Å²) in [6, 6.07) is 16.2. The summed E-state index contributed by atoms with van der Waals surface area (Å²) in [6.45, 7) is 4.90. The van der Waals surface area contributed by atoms with Crippen LogP contribution in [0.2, 0.25) is 0 Å². The summed E-state index contributed by atoms with van der Waals surface area (Å²) in [7, 11) is 1.66. The van der Waals surface area contributed by atoms with Crippen molar-refractivity contribution in [3.63, 3.8) is 0 Å². The average Bonchev–Trinajstić information content (AvgIpc) is 3.05. The molecule has 0 radical (unpaired) electrons. The third-order valence-corrected chi connectivity index (χ3v) is 4.62. The Labute approximate surface area is 143 Å². The predicted molar refractivity (Wildman–Crippen MR) is 95.9 cm³/mol. The Morgan fingerprint density at radius 3 is 2.42 bits per heavy atom. The zero-order valence-corrected chi connectivity index (χ0v) is 14.1. The van der Waals surface area contributed by atoms with Gasteiger partial charge in [-0.15, -0.1) is 6.58 Å². The molecule has 3 nitrogen and oxygen atoms in total. The number of fused-ring (bicyclic) bond motifs is 1. The van der Waals surface area contributed by atoms with Crippen molar-refractivity contribution in [1.29, 1.82) is 0 Å². The number of hydrogen-bond acceptors (Lipinski definition) is 2. The van der Waals surface area contributed by atoms with Crippen molar-refractivity contribution in [2.24, 2.45) is 5.92 Å². The number of nitrogens with zero attached hydrogens (tertiary/aromatic N) is 1. The molecule has 0 N–H and O–H groups in total. The minimum Gasteiger partial charge on any atom is -0.496 e. The Balaban J connectivity index is 1.76. The quantitative estimate of drug-likeness (QED) is 0.761. The van der Waals surface area contributed by atoms with E-state index in [-0.39, 0.29) is 11.8 Å². The van der Waals surface area contributed by atoms with E-state index >= 15 is 0 Å². The van der Waals surface area contributed by atoms with Crippen LogP contribution in [0.3, 0.4) is 0 Å². The van der Waals surface area contributed by atoms with Gasteiger partial charge in [0, 0.05) is 24.6 Å². The number of rotatable bonds is 6. The number of benzene rings is 2. The topological polar surface area (TPSA) is 29.5 Å². The van der Waals surface area contributed by atoms with Gasteiger partial charge in [0.1, 0.15) is 5.75 Å². The van der Waals surface area contributed by atoms with Gasteiger partial charge in [0.05, 0.1) is 7.11 Å². The van der Waals surface area contributed by atoms with Gasteiger partial charge in [-0.2, -0.15) is 0 Å². The molecule has 1 amide bonds. The molecule has 0 heterocycles. The van der Waals surface area contributed by atoms with E-state index in [1.807, 2.05) is 41.3 Å². The van der Waals surface area contributed by atoms with Crippen LogP contribution in [-0.4, -0.2) is 24.5 Å². The second kappa shape index (κ2) is 7.35. The van der Waals surface area contributed by atoms with Gasteiger partial charge in [-0.3, -0.25) is 4.79 Å². The predicted octanol–water partition coefficient (Wildman–Crippen LogP) is 3.62. The van der Waals surface area contributed by atoms with Crippen LogP contribution in [0.4, 0.5) is 0 Å². The van der Waals surface area contributed by atoms with E-state index < -0.39 is 0 Å². The van der Waals surface area contributed by atoms with Crippen LogP contribution in [0.25, 0.3) is 0 Å². The second-order valence-corrected chi connectivity index (χ2v) is 6.19. The van der Waals surface area contributed by atoms with Gasteiger partial charge < -0.3 is 9.64 Å². The fourth-order valence-electron chi connectivity index (χ4n) is 3.42. The first-order valence-corrected chi connectivity index (χ1v) is 8.31. The van der Waals surface area contributed by atoms with Gasteiger partial charge >= 0.3 is 0 Å². The number of para-hydroxylation sites is 1. The maximum Gasteiger partial charge on any atom is 0.226 e. The third kappa shape index (κ3) is 3.35. The summed E-state index contributed by atoms with van der Waals surface area (Å²) >= 11 is 0. The summed E-state index contributed by atoms with van der Waals surface area (Å²) in [5, 5.41) is 0. The summed E-state index contributed by atoms with van der Waals surface area (Å²) < 4.78 is 5.42. The molecule has 2 aromatic rings. The molecule has 0 atom stereocenters. The molecule has 24 heavy (non-hydrogen) atoms. The highest BCUT2D eigenvalue weighted by molar-refractivity contribution is 5.80. The molecule has 0 saturated carbocycles. The van der Waals surface area contributed by atoms with Gasteiger partial charge in [-0.1, -0.05) is 48.5 Å². The molecule has 1 aliphatic rings. The largest absolute Gasteiger partial charge is 0.496 e. The van der Waals surface area contributed by atoms with Gasteiger partial charge in [0.2, 0.25) is 5.91 Å². The zero-order valence-electron chi connectivity index (χ0n) is 14.1. The van der Waals surface area contributed by atoms with Gasteiger partial charge in [0.15, 0.2) is 0 Å². The van der Waals surface area contributed by atoms with Crippen molar-refractivity contribution >= 4 is 5.91 Å². The minimum absolute atomic E-state index is 0.0251. The summed E-state index contributed by atoms with van der Waals surface area (Å²) in [5.41, 5.74) is 3.61. The first kappa shape index (κ1) is 16.3. The van der Waals surface area contributed by atoms with E-state index in [0.29, 0.717) is 13.1 Å². The van der Waals surface area contributed by atoms with E-state index in [1.165, 1.54) is 11.1 Å². The fraction of sp³-hybridized carbons (Fsp3) is 0.286. The van der Waals surface area contributed by atoms with Crippen LogP contribution >= 0.6 is 0 Å². The molecule has 124 valence electrons. The minimum atomic E-state index is 0.0251. The lowest BCUT2D eigenvalue weighted by Gasteiger charge is -2.25. The van der Waals surface area contributed by atoms with Crippen molar-refractivity contribution in [2.75, 3.05) is 13.7 Å². The molecule has 0 unspecified atom stereocenters. The number of amides is 1. The maximum absolute atomic E-state index is 13.0. The molecule has 2 aromatic carbocycles. The van der Waals surface area contributed by atoms with Gasteiger partial charge in [-0.05, 0) is 30.0 Å². The molecule has 0 spiro atoms. The van der Waals surface area contributed by atoms with Gasteiger partial charge in [-0.25, -0.2) is 0 Å². The lowest BCUT2D eigenvalue weighted by atomic mass is 10.0. The van der Waals surface area contributed by atoms with Crippen molar-refractivity contribution in [3.8, 4) is 5.75 Å². The smallest absolute Gasteiger partial charge is 0.226 e. The highest BCUT2D eigenvalue weighted by Crippen LogP contribution is 2.29. The van der Waals surface area contributed by atoms with Crippen LogP contribution in [0.5, 0.6) is 5.75 Å². The lowest BCUT2D eigenvalue weighted by Crippen LogP contribution is -2.36. The van der Waals surface area contributed by atoms with Crippen molar-refractivity contribution in [2.45, 2.75) is 19.4 Å². The molecule has 0 aromatic heterocycles. The normalized spacial score (nSPS) is 13.4. The van der Waals surface area contributed by atoms with Crippen LogP contribution in [-0.2, 0) is 24.2 Å². The lowest BCUT2D eigenvalue weighted by molar-refractivity contribution is -0.135. The fourth-order valence-corrected chi connectivity index (χ4v) is 3.42. The standard InChI is InChI=1S/C21H23NO2/c1-3-12-22(15-18-10-6-7-11-20(18)24-2)21(23)19-13-16-8-4-5-9-17(16)14-19/h3-11,19H,1,12-15H2,2H3. The Morgan fingerprint density at radius 1 is 1.17 bits per heavy atom. The number of methoxy groups -OCH3 is 1. The number of hydrogen-bond donors (Lipinski definition) is 0. The maximum atomic E-state index is 13.0. The zero-order chi connectivity index (χ0) is 16.9. The third-order valence-electron chi connectivity index (χ3n) is 4.62. The molecule has 3 heteroatoms. The van der Waals surface area contributed by atoms with E-state index in [9.17, 15) is 4.79 Å². The van der Waals surface area contributed by atoms with E-state index in [0.717, 1.165) is 24.2 Å². The highest BCUT2D eigenvalue weighted by Gasteiger charge is 2.30. The monoisotopic (exact) mass is 321 g/mol. The van der Waals surface area contributed by atoms with Crippen LogP contribution in [0.1, 0.15) is 16.7 Å². The summed E-state index contributed by atoms with van der Waals surface area (Å²) in [5.74, 6) is 1.03. The SMILES string of the molecule is C=CCN(Cc1ccccc1OC)C(=O)C1Cc2ccccc2C1. The van der Waals surface area contributed by atoms with E-state index in [4.69, 9.17) is 4.74 Å².